The fourth-order valence-corrected chi connectivity index (χ4v) is 4.53. The van der Waals surface area contributed by atoms with Crippen molar-refractivity contribution in [1.29, 1.82) is 0 Å². The highest BCUT2D eigenvalue weighted by atomic mass is 32.2. The van der Waals surface area contributed by atoms with Crippen molar-refractivity contribution in [2.24, 2.45) is 0 Å². The second kappa shape index (κ2) is 7.11. The molecule has 0 aromatic carbocycles. The molecular weight excluding hydrogens is 340 g/mol. The average Bonchev–Trinajstić information content (AvgIpc) is 3.05. The van der Waals surface area contributed by atoms with Crippen molar-refractivity contribution in [2.45, 2.75) is 58.0 Å². The van der Waals surface area contributed by atoms with Crippen LogP contribution in [0, 0.1) is 20.8 Å². The van der Waals surface area contributed by atoms with E-state index in [-0.39, 0.29) is 5.56 Å². The summed E-state index contributed by atoms with van der Waals surface area (Å²) in [5.41, 5.74) is 4.05. The molecule has 5 nitrogen and oxygen atoms in total. The van der Waals surface area contributed by atoms with Crippen LogP contribution >= 0.6 is 23.1 Å². The molecule has 0 bridgehead atoms. The van der Waals surface area contributed by atoms with Crippen molar-refractivity contribution in [3.8, 4) is 0 Å². The van der Waals surface area contributed by atoms with Crippen molar-refractivity contribution in [3.63, 3.8) is 0 Å². The molecule has 0 spiro atoms. The van der Waals surface area contributed by atoms with Gasteiger partial charge in [-0.1, -0.05) is 25.1 Å². The van der Waals surface area contributed by atoms with Gasteiger partial charge in [-0.3, -0.25) is 9.20 Å². The van der Waals surface area contributed by atoms with Crippen LogP contribution in [0.1, 0.15) is 42.5 Å². The molecule has 0 aliphatic heterocycles. The van der Waals surface area contributed by atoms with Gasteiger partial charge in [-0.2, -0.15) is 0 Å². The summed E-state index contributed by atoms with van der Waals surface area (Å²) in [5, 5.41) is 2.98. The lowest BCUT2D eigenvalue weighted by molar-refractivity contribution is 0.575. The number of thiazole rings is 1. The number of hydrogen-bond donors (Lipinski definition) is 0. The molecular formula is C17H22N4OS2. The molecule has 3 heterocycles. The highest BCUT2D eigenvalue weighted by Crippen LogP contribution is 2.25. The van der Waals surface area contributed by atoms with E-state index in [4.69, 9.17) is 0 Å². The smallest absolute Gasteiger partial charge is 0.258 e. The van der Waals surface area contributed by atoms with E-state index in [1.165, 1.54) is 17.0 Å². The maximum absolute atomic E-state index is 12.3. The largest absolute Gasteiger partial charge is 0.323 e. The number of fused-ring (bicyclic) bond motifs is 1. The second-order valence-corrected chi connectivity index (χ2v) is 7.72. The molecule has 3 aromatic rings. The maximum atomic E-state index is 12.3. The van der Waals surface area contributed by atoms with E-state index in [1.807, 2.05) is 19.2 Å². The van der Waals surface area contributed by atoms with Gasteiger partial charge in [0.15, 0.2) is 10.1 Å². The first-order chi connectivity index (χ1) is 11.5. The van der Waals surface area contributed by atoms with Crippen LogP contribution in [0.25, 0.3) is 4.96 Å². The van der Waals surface area contributed by atoms with Gasteiger partial charge >= 0.3 is 0 Å². The number of imidazole rings is 1. The Kier molecular flexibility index (Phi) is 5.10. The van der Waals surface area contributed by atoms with Crippen LogP contribution in [0.2, 0.25) is 0 Å². The van der Waals surface area contributed by atoms with Gasteiger partial charge in [0, 0.05) is 35.1 Å². The van der Waals surface area contributed by atoms with Gasteiger partial charge < -0.3 is 4.57 Å². The lowest BCUT2D eigenvalue weighted by Crippen LogP contribution is -2.14. The summed E-state index contributed by atoms with van der Waals surface area (Å²) >= 11 is 3.16. The van der Waals surface area contributed by atoms with Gasteiger partial charge in [0.2, 0.25) is 0 Å². The van der Waals surface area contributed by atoms with Crippen LogP contribution in [0.15, 0.2) is 21.4 Å². The minimum Gasteiger partial charge on any atom is -0.323 e. The van der Waals surface area contributed by atoms with Crippen molar-refractivity contribution in [2.75, 3.05) is 0 Å². The van der Waals surface area contributed by atoms with Crippen LogP contribution in [0.3, 0.4) is 0 Å². The molecule has 0 radical (unpaired) electrons. The van der Waals surface area contributed by atoms with Crippen LogP contribution in [0.4, 0.5) is 0 Å². The minimum absolute atomic E-state index is 0.00367. The number of aromatic nitrogens is 4. The van der Waals surface area contributed by atoms with Gasteiger partial charge in [0.05, 0.1) is 11.4 Å². The number of aryl methyl sites for hydroxylation is 2. The van der Waals surface area contributed by atoms with Crippen LogP contribution < -0.4 is 5.56 Å². The standard InChI is InChI=1S/C17H22N4OS2/c1-5-6-7-20-13(4)12(3)18-16(20)24-10-14-8-15(22)21-11(2)9-23-17(21)19-14/h8-9H,5-7,10H2,1-4H3. The van der Waals surface area contributed by atoms with Crippen LogP contribution in [-0.4, -0.2) is 18.9 Å². The Morgan fingerprint density at radius 2 is 2.04 bits per heavy atom. The second-order valence-electron chi connectivity index (χ2n) is 5.94. The van der Waals surface area contributed by atoms with Gasteiger partial charge in [0.25, 0.3) is 5.56 Å². The van der Waals surface area contributed by atoms with Gasteiger partial charge in [-0.15, -0.1) is 11.3 Å². The summed E-state index contributed by atoms with van der Waals surface area (Å²) in [5.74, 6) is 0.657. The molecule has 0 saturated heterocycles. The molecule has 0 atom stereocenters. The van der Waals surface area contributed by atoms with Crippen molar-refractivity contribution < 1.29 is 0 Å². The quantitative estimate of drug-likeness (QED) is 0.623. The fourth-order valence-electron chi connectivity index (χ4n) is 2.63. The first-order valence-electron chi connectivity index (χ1n) is 8.14. The Hall–Kier alpha value is -1.60. The molecule has 128 valence electrons. The predicted octanol–water partition coefficient (Wildman–Crippen LogP) is 3.97. The molecule has 0 unspecified atom stereocenters. The van der Waals surface area contributed by atoms with E-state index in [0.29, 0.717) is 5.75 Å². The average molecular weight is 363 g/mol. The monoisotopic (exact) mass is 362 g/mol. The van der Waals surface area contributed by atoms with E-state index in [1.54, 1.807) is 22.2 Å². The van der Waals surface area contributed by atoms with E-state index in [0.717, 1.165) is 46.6 Å². The molecule has 0 fully saturated rings. The molecule has 0 aliphatic carbocycles. The minimum atomic E-state index is -0.00367. The van der Waals surface area contributed by atoms with Crippen LogP contribution in [0.5, 0.6) is 0 Å². The Bertz CT molecular complexity index is 923. The molecule has 0 amide bonds. The van der Waals surface area contributed by atoms with Gasteiger partial charge in [-0.05, 0) is 27.2 Å². The fraction of sp³-hybridized carbons (Fsp3) is 0.471. The summed E-state index contributed by atoms with van der Waals surface area (Å²) in [6, 6.07) is 1.64. The predicted molar refractivity (Wildman–Crippen MR) is 100 cm³/mol. The Balaban J connectivity index is 1.83. The van der Waals surface area contributed by atoms with E-state index < -0.39 is 0 Å². The Morgan fingerprint density at radius 3 is 2.79 bits per heavy atom. The zero-order valence-electron chi connectivity index (χ0n) is 14.5. The van der Waals surface area contributed by atoms with E-state index in [2.05, 4.69) is 28.4 Å². The zero-order chi connectivity index (χ0) is 17.3. The number of unbranched alkanes of at least 4 members (excludes halogenated alkanes) is 1. The highest BCUT2D eigenvalue weighted by molar-refractivity contribution is 7.98. The third-order valence-electron chi connectivity index (χ3n) is 4.14. The van der Waals surface area contributed by atoms with Gasteiger partial charge in [-0.25, -0.2) is 9.97 Å². The van der Waals surface area contributed by atoms with Gasteiger partial charge in [0.1, 0.15) is 0 Å². The first kappa shape index (κ1) is 17.2. The normalized spacial score (nSPS) is 11.5. The van der Waals surface area contributed by atoms with Crippen molar-refractivity contribution in [3.05, 3.63) is 44.6 Å². The molecule has 7 heteroatoms. The highest BCUT2D eigenvalue weighted by Gasteiger charge is 2.13. The summed E-state index contributed by atoms with van der Waals surface area (Å²) in [4.78, 5) is 22.3. The number of nitrogens with zero attached hydrogens (tertiary/aromatic N) is 4. The lowest BCUT2D eigenvalue weighted by atomic mass is 10.3. The van der Waals surface area contributed by atoms with E-state index >= 15 is 0 Å². The molecule has 24 heavy (non-hydrogen) atoms. The topological polar surface area (TPSA) is 52.2 Å². The molecule has 0 N–H and O–H groups in total. The summed E-state index contributed by atoms with van der Waals surface area (Å²) in [7, 11) is 0. The van der Waals surface area contributed by atoms with E-state index in [9.17, 15) is 4.79 Å². The van der Waals surface area contributed by atoms with Crippen molar-refractivity contribution in [1.82, 2.24) is 18.9 Å². The third kappa shape index (κ3) is 3.28. The molecule has 3 rings (SSSR count). The molecule has 0 saturated carbocycles. The third-order valence-corrected chi connectivity index (χ3v) is 6.09. The summed E-state index contributed by atoms with van der Waals surface area (Å²) < 4.78 is 3.94. The summed E-state index contributed by atoms with van der Waals surface area (Å²) in [6.07, 6.45) is 2.30. The Morgan fingerprint density at radius 1 is 1.25 bits per heavy atom. The SMILES string of the molecule is CCCCn1c(SCc2cc(=O)n3c(C)csc3n2)nc(C)c1C. The zero-order valence-corrected chi connectivity index (χ0v) is 16.1. The molecule has 0 aliphatic rings. The first-order valence-corrected chi connectivity index (χ1v) is 10.0. The van der Waals surface area contributed by atoms with Crippen molar-refractivity contribution >= 4 is 28.1 Å². The number of thioether (sulfide) groups is 1. The number of hydrogen-bond acceptors (Lipinski definition) is 5. The lowest BCUT2D eigenvalue weighted by Gasteiger charge is -2.09. The maximum Gasteiger partial charge on any atom is 0.258 e. The Labute approximate surface area is 149 Å². The number of rotatable bonds is 6. The van der Waals surface area contributed by atoms with Crippen LogP contribution in [-0.2, 0) is 12.3 Å². The summed E-state index contributed by atoms with van der Waals surface area (Å²) in [6.45, 7) is 9.28. The molecule has 3 aromatic heterocycles.